The van der Waals surface area contributed by atoms with Crippen molar-refractivity contribution in [1.82, 2.24) is 9.80 Å². The molecule has 0 aromatic heterocycles. The highest BCUT2D eigenvalue weighted by molar-refractivity contribution is 5.94. The van der Waals surface area contributed by atoms with Crippen LogP contribution in [-0.4, -0.2) is 52.9 Å². The molecule has 0 N–H and O–H groups in total. The first-order valence-electron chi connectivity index (χ1n) is 8.89. The molecule has 2 bridgehead atoms. The Bertz CT molecular complexity index is 637. The average Bonchev–Trinajstić information content (AvgIpc) is 3.25. The second-order valence-electron chi connectivity index (χ2n) is 7.37. The van der Waals surface area contributed by atoms with Gasteiger partial charge in [0, 0.05) is 49.9 Å². The largest absolute Gasteiger partial charge is 0.336 e. The first-order valence-corrected chi connectivity index (χ1v) is 8.89. The number of fused-ring (bicyclic) bond motifs is 2. The van der Waals surface area contributed by atoms with Crippen LogP contribution < -0.4 is 0 Å². The van der Waals surface area contributed by atoms with Gasteiger partial charge in [-0.3, -0.25) is 19.8 Å². The molecule has 6 heteroatoms. The molecule has 24 heavy (non-hydrogen) atoms. The molecule has 2 aliphatic carbocycles. The lowest BCUT2D eigenvalue weighted by molar-refractivity contribution is -0.384. The van der Waals surface area contributed by atoms with Crippen molar-refractivity contribution in [2.75, 3.05) is 26.2 Å². The Morgan fingerprint density at radius 3 is 2.29 bits per heavy atom. The maximum Gasteiger partial charge on any atom is 0.269 e. The minimum Gasteiger partial charge on any atom is -0.336 e. The fraction of sp³-hybridized carbons (Fsp3) is 0.611. The van der Waals surface area contributed by atoms with Crippen molar-refractivity contribution in [1.29, 1.82) is 0 Å². The van der Waals surface area contributed by atoms with Gasteiger partial charge in [0.25, 0.3) is 11.6 Å². The van der Waals surface area contributed by atoms with Gasteiger partial charge in [-0.1, -0.05) is 6.42 Å². The summed E-state index contributed by atoms with van der Waals surface area (Å²) in [6.07, 6.45) is 5.56. The molecule has 0 unspecified atom stereocenters. The summed E-state index contributed by atoms with van der Waals surface area (Å²) >= 11 is 0. The molecule has 3 aliphatic rings. The number of hydrogen-bond acceptors (Lipinski definition) is 4. The number of nitro groups is 1. The number of hydrogen-bond donors (Lipinski definition) is 0. The van der Waals surface area contributed by atoms with Crippen LogP contribution in [0.2, 0.25) is 0 Å². The summed E-state index contributed by atoms with van der Waals surface area (Å²) in [5, 5.41) is 10.7. The van der Waals surface area contributed by atoms with Gasteiger partial charge in [0.15, 0.2) is 0 Å². The molecule has 0 radical (unpaired) electrons. The van der Waals surface area contributed by atoms with Gasteiger partial charge >= 0.3 is 0 Å². The monoisotopic (exact) mass is 329 g/mol. The standard InChI is InChI=1S/C18H23N3O3/c22-18(14-3-5-16(6-4-14)21(23)24)20-9-7-19(8-10-20)17-12-13-1-2-15(17)11-13/h3-6,13,15,17H,1-2,7-12H2/t13-,15+,17+/m0/s1. The van der Waals surface area contributed by atoms with E-state index in [4.69, 9.17) is 0 Å². The Kier molecular flexibility index (Phi) is 4.00. The normalized spacial score (nSPS) is 29.8. The van der Waals surface area contributed by atoms with Crippen LogP contribution in [0.1, 0.15) is 36.0 Å². The quantitative estimate of drug-likeness (QED) is 0.631. The van der Waals surface area contributed by atoms with Crippen LogP contribution in [0.3, 0.4) is 0 Å². The SMILES string of the molecule is O=C(c1ccc([N+](=O)[O-])cc1)N1CCN([C@@H]2C[C@H]3CC[C@@H]2C3)CC1. The van der Waals surface area contributed by atoms with Crippen molar-refractivity contribution in [3.8, 4) is 0 Å². The summed E-state index contributed by atoms with van der Waals surface area (Å²) in [4.78, 5) is 27.3. The van der Waals surface area contributed by atoms with Crippen LogP contribution in [-0.2, 0) is 0 Å². The number of piperazine rings is 1. The van der Waals surface area contributed by atoms with Crippen LogP contribution in [0.15, 0.2) is 24.3 Å². The predicted octanol–water partition coefficient (Wildman–Crippen LogP) is 2.54. The molecule has 0 spiro atoms. The van der Waals surface area contributed by atoms with Gasteiger partial charge in [0.1, 0.15) is 0 Å². The third-order valence-electron chi connectivity index (χ3n) is 6.10. The molecule has 6 nitrogen and oxygen atoms in total. The van der Waals surface area contributed by atoms with Gasteiger partial charge in [-0.25, -0.2) is 0 Å². The molecule has 1 heterocycles. The molecule has 4 rings (SSSR count). The average molecular weight is 329 g/mol. The summed E-state index contributed by atoms with van der Waals surface area (Å²) in [5.41, 5.74) is 0.557. The Morgan fingerprint density at radius 2 is 1.75 bits per heavy atom. The molecule has 1 aromatic carbocycles. The van der Waals surface area contributed by atoms with Gasteiger partial charge < -0.3 is 4.90 Å². The van der Waals surface area contributed by atoms with E-state index in [1.54, 1.807) is 12.1 Å². The molecular formula is C18H23N3O3. The maximum atomic E-state index is 12.6. The Balaban J connectivity index is 1.35. The highest BCUT2D eigenvalue weighted by atomic mass is 16.6. The van der Waals surface area contributed by atoms with Crippen molar-refractivity contribution < 1.29 is 9.72 Å². The van der Waals surface area contributed by atoms with E-state index in [1.165, 1.54) is 37.8 Å². The second kappa shape index (κ2) is 6.16. The lowest BCUT2D eigenvalue weighted by Gasteiger charge is -2.41. The summed E-state index contributed by atoms with van der Waals surface area (Å²) < 4.78 is 0. The van der Waals surface area contributed by atoms with Crippen molar-refractivity contribution >= 4 is 11.6 Å². The zero-order chi connectivity index (χ0) is 16.7. The third-order valence-corrected chi connectivity index (χ3v) is 6.10. The number of nitrogens with zero attached hydrogens (tertiary/aromatic N) is 3. The Morgan fingerprint density at radius 1 is 1.04 bits per heavy atom. The van der Waals surface area contributed by atoms with E-state index in [1.807, 2.05) is 4.90 Å². The molecule has 3 atom stereocenters. The van der Waals surface area contributed by atoms with Crippen LogP contribution in [0, 0.1) is 22.0 Å². The fourth-order valence-corrected chi connectivity index (χ4v) is 4.82. The maximum absolute atomic E-state index is 12.6. The number of carbonyl (C=O) groups excluding carboxylic acids is 1. The first kappa shape index (κ1) is 15.6. The lowest BCUT2D eigenvalue weighted by Crippen LogP contribution is -2.53. The zero-order valence-corrected chi connectivity index (χ0v) is 13.8. The predicted molar refractivity (Wildman–Crippen MR) is 89.8 cm³/mol. The van der Waals surface area contributed by atoms with Gasteiger partial charge in [0.2, 0.25) is 0 Å². The summed E-state index contributed by atoms with van der Waals surface area (Å²) in [7, 11) is 0. The molecular weight excluding hydrogens is 306 g/mol. The summed E-state index contributed by atoms with van der Waals surface area (Å²) in [6, 6.07) is 6.66. The van der Waals surface area contributed by atoms with Crippen LogP contribution in [0.5, 0.6) is 0 Å². The van der Waals surface area contributed by atoms with E-state index in [-0.39, 0.29) is 11.6 Å². The van der Waals surface area contributed by atoms with Crippen molar-refractivity contribution in [2.24, 2.45) is 11.8 Å². The number of non-ortho nitro benzene ring substituents is 1. The van der Waals surface area contributed by atoms with Gasteiger partial charge in [-0.05, 0) is 43.2 Å². The minimum atomic E-state index is -0.442. The Hall–Kier alpha value is -1.95. The van der Waals surface area contributed by atoms with Gasteiger partial charge in [0.05, 0.1) is 4.92 Å². The van der Waals surface area contributed by atoms with E-state index >= 15 is 0 Å². The molecule has 1 saturated heterocycles. The number of nitro benzene ring substituents is 1. The summed E-state index contributed by atoms with van der Waals surface area (Å²) in [5.74, 6) is 1.81. The highest BCUT2D eigenvalue weighted by Crippen LogP contribution is 2.46. The number of benzene rings is 1. The summed E-state index contributed by atoms with van der Waals surface area (Å²) in [6.45, 7) is 3.41. The molecule has 1 amide bonds. The first-order chi connectivity index (χ1) is 11.6. The smallest absolute Gasteiger partial charge is 0.269 e. The van der Waals surface area contributed by atoms with E-state index < -0.39 is 4.92 Å². The van der Waals surface area contributed by atoms with Gasteiger partial charge in [-0.2, -0.15) is 0 Å². The molecule has 128 valence electrons. The molecule has 1 aliphatic heterocycles. The van der Waals surface area contributed by atoms with Crippen LogP contribution >= 0.6 is 0 Å². The van der Waals surface area contributed by atoms with E-state index in [9.17, 15) is 14.9 Å². The number of carbonyl (C=O) groups is 1. The second-order valence-corrected chi connectivity index (χ2v) is 7.37. The van der Waals surface area contributed by atoms with Crippen molar-refractivity contribution in [3.05, 3.63) is 39.9 Å². The van der Waals surface area contributed by atoms with Crippen LogP contribution in [0.4, 0.5) is 5.69 Å². The molecule has 3 fully saturated rings. The van der Waals surface area contributed by atoms with E-state index in [0.29, 0.717) is 5.56 Å². The molecule has 2 saturated carbocycles. The lowest BCUT2D eigenvalue weighted by atomic mass is 9.93. The molecule has 1 aromatic rings. The van der Waals surface area contributed by atoms with Gasteiger partial charge in [-0.15, -0.1) is 0 Å². The van der Waals surface area contributed by atoms with Crippen molar-refractivity contribution in [3.63, 3.8) is 0 Å². The van der Waals surface area contributed by atoms with Crippen molar-refractivity contribution in [2.45, 2.75) is 31.7 Å². The number of rotatable bonds is 3. The minimum absolute atomic E-state index is 0.0162. The van der Waals surface area contributed by atoms with Crippen LogP contribution in [0.25, 0.3) is 0 Å². The zero-order valence-electron chi connectivity index (χ0n) is 13.8. The fourth-order valence-electron chi connectivity index (χ4n) is 4.82. The third kappa shape index (κ3) is 2.79. The number of amides is 1. The van der Waals surface area contributed by atoms with E-state index in [2.05, 4.69) is 4.90 Å². The van der Waals surface area contributed by atoms with E-state index in [0.717, 1.165) is 44.1 Å². The Labute approximate surface area is 141 Å². The highest BCUT2D eigenvalue weighted by Gasteiger charge is 2.42. The topological polar surface area (TPSA) is 66.7 Å².